The molecule has 29 heavy (non-hydrogen) atoms. The summed E-state index contributed by atoms with van der Waals surface area (Å²) in [5, 5.41) is 2.23. The molecule has 0 saturated carbocycles. The molecule has 4 amide bonds. The summed E-state index contributed by atoms with van der Waals surface area (Å²) in [7, 11) is 1.74. The highest BCUT2D eigenvalue weighted by molar-refractivity contribution is 6.12. The first-order chi connectivity index (χ1) is 13.9. The normalized spacial score (nSPS) is 16.4. The van der Waals surface area contributed by atoms with E-state index >= 15 is 0 Å². The lowest BCUT2D eigenvalue weighted by Gasteiger charge is -2.27. The van der Waals surface area contributed by atoms with Gasteiger partial charge in [0.25, 0.3) is 5.91 Å². The Hall–Kier alpha value is -3.55. The van der Waals surface area contributed by atoms with Crippen LogP contribution < -0.4 is 19.7 Å². The number of nitrogens with zero attached hydrogens (tertiary/aromatic N) is 2. The highest BCUT2D eigenvalue weighted by Crippen LogP contribution is 2.34. The largest absolute Gasteiger partial charge is 0.486 e. The standard InChI is InChI=1S/C21H21N3O5/c1-13(15-5-8-17-18(11-15)29-10-9-28-17)23(2)20(26)14-3-6-16(7-4-14)24-12-19(25)22-21(24)27/h3-8,11,13H,9-10,12H2,1-2H3,(H,22,25,27). The molecule has 4 rings (SSSR count). The number of hydrogen-bond acceptors (Lipinski definition) is 5. The average molecular weight is 395 g/mol. The van der Waals surface area contributed by atoms with Crippen molar-refractivity contribution < 1.29 is 23.9 Å². The van der Waals surface area contributed by atoms with E-state index in [2.05, 4.69) is 5.32 Å². The van der Waals surface area contributed by atoms with Gasteiger partial charge < -0.3 is 14.4 Å². The molecule has 0 bridgehead atoms. The molecule has 1 unspecified atom stereocenters. The third kappa shape index (κ3) is 3.61. The fraction of sp³-hybridized carbons (Fsp3) is 0.286. The lowest BCUT2D eigenvalue weighted by Crippen LogP contribution is -2.30. The van der Waals surface area contributed by atoms with E-state index in [0.29, 0.717) is 36.0 Å². The number of imide groups is 1. The third-order valence-electron chi connectivity index (χ3n) is 5.17. The summed E-state index contributed by atoms with van der Waals surface area (Å²) in [5.74, 6) is 0.898. The minimum Gasteiger partial charge on any atom is -0.486 e. The van der Waals surface area contributed by atoms with Gasteiger partial charge in [-0.15, -0.1) is 0 Å². The Bertz CT molecular complexity index is 973. The highest BCUT2D eigenvalue weighted by atomic mass is 16.6. The SMILES string of the molecule is CC(c1ccc2c(c1)OCCO2)N(C)C(=O)c1ccc(N2CC(=O)NC2=O)cc1. The smallest absolute Gasteiger partial charge is 0.329 e. The van der Waals surface area contributed by atoms with Crippen LogP contribution in [0.3, 0.4) is 0 Å². The van der Waals surface area contributed by atoms with E-state index in [-0.39, 0.29) is 24.4 Å². The zero-order valence-electron chi connectivity index (χ0n) is 16.2. The summed E-state index contributed by atoms with van der Waals surface area (Å²) in [6.45, 7) is 2.96. The summed E-state index contributed by atoms with van der Waals surface area (Å²) >= 11 is 0. The summed E-state index contributed by atoms with van der Waals surface area (Å²) < 4.78 is 11.2. The van der Waals surface area contributed by atoms with Crippen molar-refractivity contribution in [3.05, 3.63) is 53.6 Å². The van der Waals surface area contributed by atoms with E-state index in [4.69, 9.17) is 9.47 Å². The minimum absolute atomic E-state index is 0.0207. The van der Waals surface area contributed by atoms with E-state index in [0.717, 1.165) is 5.56 Å². The van der Waals surface area contributed by atoms with E-state index in [9.17, 15) is 14.4 Å². The Morgan fingerprint density at radius 2 is 1.76 bits per heavy atom. The second-order valence-electron chi connectivity index (χ2n) is 6.98. The lowest BCUT2D eigenvalue weighted by atomic mass is 10.0. The summed E-state index contributed by atoms with van der Waals surface area (Å²) in [6.07, 6.45) is 0. The minimum atomic E-state index is -0.460. The Labute approximate surface area is 168 Å². The molecule has 2 aromatic rings. The fourth-order valence-corrected chi connectivity index (χ4v) is 3.36. The molecule has 1 saturated heterocycles. The molecule has 2 aliphatic heterocycles. The summed E-state index contributed by atoms with van der Waals surface area (Å²) in [4.78, 5) is 39.0. The van der Waals surface area contributed by atoms with E-state index in [1.807, 2.05) is 25.1 Å². The molecule has 8 nitrogen and oxygen atoms in total. The van der Waals surface area contributed by atoms with Gasteiger partial charge in [0.15, 0.2) is 11.5 Å². The topological polar surface area (TPSA) is 88.2 Å². The zero-order chi connectivity index (χ0) is 20.5. The molecule has 2 aliphatic rings. The Morgan fingerprint density at radius 1 is 1.07 bits per heavy atom. The molecule has 0 aromatic heterocycles. The zero-order valence-corrected chi connectivity index (χ0v) is 16.2. The van der Waals surface area contributed by atoms with Gasteiger partial charge in [0.1, 0.15) is 19.8 Å². The first-order valence-electron chi connectivity index (χ1n) is 9.32. The van der Waals surface area contributed by atoms with Gasteiger partial charge in [0.05, 0.1) is 6.04 Å². The van der Waals surface area contributed by atoms with Crippen molar-refractivity contribution in [2.75, 3.05) is 31.7 Å². The number of anilines is 1. The number of nitrogens with one attached hydrogen (secondary N) is 1. The third-order valence-corrected chi connectivity index (χ3v) is 5.17. The summed E-state index contributed by atoms with van der Waals surface area (Å²) in [5.41, 5.74) is 1.99. The predicted molar refractivity (Wildman–Crippen MR) is 105 cm³/mol. The second-order valence-corrected chi connectivity index (χ2v) is 6.98. The molecule has 1 fully saturated rings. The van der Waals surface area contributed by atoms with Crippen LogP contribution in [-0.2, 0) is 4.79 Å². The molecule has 1 atom stereocenters. The van der Waals surface area contributed by atoms with Crippen LogP contribution in [0.1, 0.15) is 28.9 Å². The highest BCUT2D eigenvalue weighted by Gasteiger charge is 2.28. The van der Waals surface area contributed by atoms with Crippen LogP contribution in [0.4, 0.5) is 10.5 Å². The predicted octanol–water partition coefficient (Wildman–Crippen LogP) is 2.35. The Balaban J connectivity index is 1.48. The average Bonchev–Trinajstić information content (AvgIpc) is 3.09. The molecule has 2 aromatic carbocycles. The number of fused-ring (bicyclic) bond motifs is 1. The van der Waals surface area contributed by atoms with Gasteiger partial charge in [-0.2, -0.15) is 0 Å². The van der Waals surface area contributed by atoms with Gasteiger partial charge in [-0.05, 0) is 48.9 Å². The van der Waals surface area contributed by atoms with Gasteiger partial charge in [-0.3, -0.25) is 19.8 Å². The van der Waals surface area contributed by atoms with Crippen LogP contribution in [0.15, 0.2) is 42.5 Å². The number of carbonyl (C=O) groups excluding carboxylic acids is 3. The van der Waals surface area contributed by atoms with Crippen molar-refractivity contribution in [1.29, 1.82) is 0 Å². The quantitative estimate of drug-likeness (QED) is 0.803. The van der Waals surface area contributed by atoms with Crippen molar-refractivity contribution in [3.63, 3.8) is 0 Å². The number of ether oxygens (including phenoxy) is 2. The molecule has 0 radical (unpaired) electrons. The lowest BCUT2D eigenvalue weighted by molar-refractivity contribution is -0.117. The van der Waals surface area contributed by atoms with Gasteiger partial charge in [-0.1, -0.05) is 6.07 Å². The van der Waals surface area contributed by atoms with Gasteiger partial charge in [-0.25, -0.2) is 4.79 Å². The molecular weight excluding hydrogens is 374 g/mol. The van der Waals surface area contributed by atoms with Crippen molar-refractivity contribution in [2.24, 2.45) is 0 Å². The number of benzene rings is 2. The van der Waals surface area contributed by atoms with Crippen LogP contribution in [0, 0.1) is 0 Å². The van der Waals surface area contributed by atoms with E-state index < -0.39 is 6.03 Å². The number of hydrogen-bond donors (Lipinski definition) is 1. The van der Waals surface area contributed by atoms with Crippen molar-refractivity contribution in [1.82, 2.24) is 10.2 Å². The van der Waals surface area contributed by atoms with Crippen LogP contribution in [0.2, 0.25) is 0 Å². The monoisotopic (exact) mass is 395 g/mol. The van der Waals surface area contributed by atoms with E-state index in [1.165, 1.54) is 4.90 Å². The van der Waals surface area contributed by atoms with Gasteiger partial charge in [0.2, 0.25) is 5.91 Å². The van der Waals surface area contributed by atoms with Crippen molar-refractivity contribution >= 4 is 23.5 Å². The number of urea groups is 1. The molecule has 150 valence electrons. The molecule has 0 aliphatic carbocycles. The second kappa shape index (κ2) is 7.46. The molecule has 1 N–H and O–H groups in total. The Morgan fingerprint density at radius 3 is 2.41 bits per heavy atom. The Kier molecular flexibility index (Phi) is 4.84. The fourth-order valence-electron chi connectivity index (χ4n) is 3.36. The summed E-state index contributed by atoms with van der Waals surface area (Å²) in [6, 6.07) is 11.7. The number of amides is 4. The molecule has 2 heterocycles. The van der Waals surface area contributed by atoms with Crippen molar-refractivity contribution in [3.8, 4) is 11.5 Å². The van der Waals surface area contributed by atoms with Crippen LogP contribution in [-0.4, -0.2) is 49.6 Å². The van der Waals surface area contributed by atoms with E-state index in [1.54, 1.807) is 36.2 Å². The molecule has 8 heteroatoms. The maximum absolute atomic E-state index is 12.9. The van der Waals surface area contributed by atoms with Crippen LogP contribution >= 0.6 is 0 Å². The van der Waals surface area contributed by atoms with Gasteiger partial charge >= 0.3 is 6.03 Å². The molecule has 0 spiro atoms. The first-order valence-corrected chi connectivity index (χ1v) is 9.32. The maximum atomic E-state index is 12.9. The van der Waals surface area contributed by atoms with Crippen molar-refractivity contribution in [2.45, 2.75) is 13.0 Å². The van der Waals surface area contributed by atoms with Crippen LogP contribution in [0.5, 0.6) is 11.5 Å². The van der Waals surface area contributed by atoms with Gasteiger partial charge in [0, 0.05) is 18.3 Å². The maximum Gasteiger partial charge on any atom is 0.329 e. The van der Waals surface area contributed by atoms with Crippen LogP contribution in [0.25, 0.3) is 0 Å². The number of carbonyl (C=O) groups is 3. The first kappa shape index (κ1) is 18.8. The number of rotatable bonds is 4. The molecular formula is C21H21N3O5.